The fourth-order valence-electron chi connectivity index (χ4n) is 1.47. The van der Waals surface area contributed by atoms with Crippen LogP contribution in [0.4, 0.5) is 0 Å². The molecule has 0 aliphatic heterocycles. The number of rotatable bonds is 2. The molecule has 0 saturated carbocycles. The van der Waals surface area contributed by atoms with E-state index in [1.165, 1.54) is 0 Å². The smallest absolute Gasteiger partial charge is 0.307 e. The quantitative estimate of drug-likeness (QED) is 0.839. The molecule has 1 aromatic heterocycles. The average Bonchev–Trinajstić information content (AvgIpc) is 2.20. The van der Waals surface area contributed by atoms with Crippen molar-refractivity contribution in [3.8, 4) is 0 Å². The number of benzene rings is 1. The van der Waals surface area contributed by atoms with Gasteiger partial charge in [0.2, 0.25) is 0 Å². The number of aliphatic carboxylic acids is 1. The van der Waals surface area contributed by atoms with Crippen LogP contribution in [-0.2, 0) is 11.2 Å². The highest BCUT2D eigenvalue weighted by Gasteiger charge is 2.09. The molecule has 0 amide bonds. The Bertz CT molecular complexity index is 569. The van der Waals surface area contributed by atoms with Crippen molar-refractivity contribution in [2.24, 2.45) is 0 Å². The minimum Gasteiger partial charge on any atom is -0.481 e. The maximum absolute atomic E-state index is 10.6. The predicted molar refractivity (Wildman–Crippen MR) is 63.1 cm³/mol. The zero-order chi connectivity index (χ0) is 11.7. The molecule has 3 nitrogen and oxygen atoms in total. The lowest BCUT2D eigenvalue weighted by Gasteiger charge is -2.04. The number of carboxylic acid groups (broad SMARTS) is 1. The molecule has 2 aromatic rings. The highest BCUT2D eigenvalue weighted by Crippen LogP contribution is 2.26. The fraction of sp³-hybridized carbons (Fsp3) is 0.0909. The maximum Gasteiger partial charge on any atom is 0.307 e. The molecule has 0 saturated heterocycles. The van der Waals surface area contributed by atoms with Gasteiger partial charge in [-0.15, -0.1) is 0 Å². The average molecular weight is 256 g/mol. The summed E-state index contributed by atoms with van der Waals surface area (Å²) in [6.07, 6.45) is -0.145. The Kier molecular flexibility index (Phi) is 2.99. The van der Waals surface area contributed by atoms with E-state index in [2.05, 4.69) is 4.98 Å². The number of fused-ring (bicyclic) bond motifs is 1. The van der Waals surface area contributed by atoms with E-state index in [9.17, 15) is 4.79 Å². The van der Waals surface area contributed by atoms with Gasteiger partial charge < -0.3 is 5.11 Å². The summed E-state index contributed by atoms with van der Waals surface area (Å²) >= 11 is 11.8. The summed E-state index contributed by atoms with van der Waals surface area (Å²) in [7, 11) is 0. The molecule has 82 valence electrons. The molecule has 16 heavy (non-hydrogen) atoms. The molecule has 1 N–H and O–H groups in total. The first-order valence-corrected chi connectivity index (χ1v) is 5.29. The monoisotopic (exact) mass is 255 g/mol. The van der Waals surface area contributed by atoms with Gasteiger partial charge in [0.05, 0.1) is 17.0 Å². The summed E-state index contributed by atoms with van der Waals surface area (Å²) in [4.78, 5) is 14.7. The standard InChI is InChI=1S/C11H7Cl2NO2/c12-8-3-1-2-6-4-7(5-9(15)16)11(13)14-10(6)8/h1-4H,5H2,(H,15,16). The van der Waals surface area contributed by atoms with Crippen molar-refractivity contribution in [3.63, 3.8) is 0 Å². The highest BCUT2D eigenvalue weighted by atomic mass is 35.5. The van der Waals surface area contributed by atoms with Crippen molar-refractivity contribution in [1.29, 1.82) is 0 Å². The van der Waals surface area contributed by atoms with E-state index >= 15 is 0 Å². The van der Waals surface area contributed by atoms with Crippen LogP contribution < -0.4 is 0 Å². The van der Waals surface area contributed by atoms with Gasteiger partial charge in [0.25, 0.3) is 0 Å². The first-order chi connectivity index (χ1) is 7.58. The summed E-state index contributed by atoms with van der Waals surface area (Å²) in [5.74, 6) is -0.940. The van der Waals surface area contributed by atoms with Crippen LogP contribution in [0.2, 0.25) is 10.2 Å². The highest BCUT2D eigenvalue weighted by molar-refractivity contribution is 6.36. The summed E-state index contributed by atoms with van der Waals surface area (Å²) in [5.41, 5.74) is 1.08. The Labute approximate surface area is 102 Å². The minimum atomic E-state index is -0.940. The molecule has 0 aliphatic rings. The third-order valence-corrected chi connectivity index (χ3v) is 2.80. The largest absolute Gasteiger partial charge is 0.481 e. The summed E-state index contributed by atoms with van der Waals surface area (Å²) < 4.78 is 0. The molecule has 1 heterocycles. The van der Waals surface area contributed by atoms with E-state index in [1.54, 1.807) is 18.2 Å². The SMILES string of the molecule is O=C(O)Cc1cc2cccc(Cl)c2nc1Cl. The molecule has 0 radical (unpaired) electrons. The van der Waals surface area contributed by atoms with Crippen LogP contribution in [0.5, 0.6) is 0 Å². The second-order valence-electron chi connectivity index (χ2n) is 3.32. The number of nitrogens with zero attached hydrogens (tertiary/aromatic N) is 1. The van der Waals surface area contributed by atoms with Crippen LogP contribution in [0.3, 0.4) is 0 Å². The number of para-hydroxylation sites is 1. The first-order valence-electron chi connectivity index (χ1n) is 4.53. The number of halogens is 2. The number of hydrogen-bond acceptors (Lipinski definition) is 2. The third-order valence-electron chi connectivity index (χ3n) is 2.16. The Balaban J connectivity index is 2.63. The number of pyridine rings is 1. The van der Waals surface area contributed by atoms with E-state index in [0.717, 1.165) is 5.39 Å². The minimum absolute atomic E-state index is 0.145. The van der Waals surface area contributed by atoms with Crippen LogP contribution in [0, 0.1) is 0 Å². The van der Waals surface area contributed by atoms with Gasteiger partial charge in [-0.2, -0.15) is 0 Å². The summed E-state index contributed by atoms with van der Waals surface area (Å²) in [5, 5.41) is 10.2. The molecule has 0 spiro atoms. The molecule has 1 aromatic carbocycles. The van der Waals surface area contributed by atoms with Crippen LogP contribution in [0.25, 0.3) is 10.9 Å². The van der Waals surface area contributed by atoms with E-state index in [1.807, 2.05) is 6.07 Å². The lowest BCUT2D eigenvalue weighted by Crippen LogP contribution is -2.01. The van der Waals surface area contributed by atoms with Gasteiger partial charge in [-0.3, -0.25) is 4.79 Å². The Morgan fingerprint density at radius 2 is 2.12 bits per heavy atom. The molecule has 0 fully saturated rings. The van der Waals surface area contributed by atoms with Crippen LogP contribution in [-0.4, -0.2) is 16.1 Å². The Morgan fingerprint density at radius 1 is 1.38 bits per heavy atom. The van der Waals surface area contributed by atoms with Crippen molar-refractivity contribution in [2.75, 3.05) is 0 Å². The van der Waals surface area contributed by atoms with E-state index in [-0.39, 0.29) is 11.6 Å². The molecule has 2 rings (SSSR count). The number of carbonyl (C=O) groups is 1. The topological polar surface area (TPSA) is 50.2 Å². The van der Waals surface area contributed by atoms with E-state index < -0.39 is 5.97 Å². The molecule has 0 aliphatic carbocycles. The van der Waals surface area contributed by atoms with Gasteiger partial charge in [0, 0.05) is 10.9 Å². The van der Waals surface area contributed by atoms with Gasteiger partial charge >= 0.3 is 5.97 Å². The molecule has 0 atom stereocenters. The number of hydrogen-bond donors (Lipinski definition) is 1. The first kappa shape index (κ1) is 11.2. The zero-order valence-corrected chi connectivity index (χ0v) is 9.59. The number of carboxylic acids is 1. The molecular weight excluding hydrogens is 249 g/mol. The number of aromatic nitrogens is 1. The van der Waals surface area contributed by atoms with Gasteiger partial charge in [-0.05, 0) is 12.1 Å². The predicted octanol–water partition coefficient (Wildman–Crippen LogP) is 3.17. The van der Waals surface area contributed by atoms with Crippen molar-refractivity contribution in [2.45, 2.75) is 6.42 Å². The second kappa shape index (κ2) is 4.28. The van der Waals surface area contributed by atoms with Crippen molar-refractivity contribution in [3.05, 3.63) is 40.0 Å². The summed E-state index contributed by atoms with van der Waals surface area (Å²) in [6, 6.07) is 7.01. The summed E-state index contributed by atoms with van der Waals surface area (Å²) in [6.45, 7) is 0. The zero-order valence-electron chi connectivity index (χ0n) is 8.08. The van der Waals surface area contributed by atoms with Gasteiger partial charge in [-0.1, -0.05) is 35.3 Å². The molecule has 0 bridgehead atoms. The van der Waals surface area contributed by atoms with Crippen molar-refractivity contribution >= 4 is 40.1 Å². The van der Waals surface area contributed by atoms with E-state index in [0.29, 0.717) is 16.1 Å². The van der Waals surface area contributed by atoms with E-state index in [4.69, 9.17) is 28.3 Å². The maximum atomic E-state index is 10.6. The lowest BCUT2D eigenvalue weighted by atomic mass is 10.1. The third kappa shape index (κ3) is 2.10. The van der Waals surface area contributed by atoms with Crippen molar-refractivity contribution in [1.82, 2.24) is 4.98 Å². The lowest BCUT2D eigenvalue weighted by molar-refractivity contribution is -0.136. The van der Waals surface area contributed by atoms with Crippen molar-refractivity contribution < 1.29 is 9.90 Å². The Morgan fingerprint density at radius 3 is 2.81 bits per heavy atom. The van der Waals surface area contributed by atoms with Crippen LogP contribution in [0.1, 0.15) is 5.56 Å². The molecular formula is C11H7Cl2NO2. The van der Waals surface area contributed by atoms with Crippen LogP contribution in [0.15, 0.2) is 24.3 Å². The van der Waals surface area contributed by atoms with Gasteiger partial charge in [-0.25, -0.2) is 4.98 Å². The molecule has 0 unspecified atom stereocenters. The van der Waals surface area contributed by atoms with Crippen LogP contribution >= 0.6 is 23.2 Å². The van der Waals surface area contributed by atoms with Gasteiger partial charge in [0.1, 0.15) is 5.15 Å². The Hall–Kier alpha value is -1.32. The molecule has 5 heteroatoms. The normalized spacial score (nSPS) is 10.6. The van der Waals surface area contributed by atoms with Gasteiger partial charge in [0.15, 0.2) is 0 Å². The fourth-order valence-corrected chi connectivity index (χ4v) is 1.90. The second-order valence-corrected chi connectivity index (χ2v) is 4.09.